The maximum atomic E-state index is 13.0. The van der Waals surface area contributed by atoms with Crippen molar-refractivity contribution in [3.63, 3.8) is 0 Å². The van der Waals surface area contributed by atoms with Crippen molar-refractivity contribution >= 4 is 15.7 Å². The van der Waals surface area contributed by atoms with Gasteiger partial charge in [-0.05, 0) is 24.3 Å². The monoisotopic (exact) mass is 374 g/mol. The summed E-state index contributed by atoms with van der Waals surface area (Å²) in [5.41, 5.74) is 1.13. The van der Waals surface area contributed by atoms with E-state index in [2.05, 4.69) is 4.90 Å². The first-order valence-electron chi connectivity index (χ1n) is 8.84. The molecule has 1 fully saturated rings. The third kappa shape index (κ3) is 3.37. The third-order valence-electron chi connectivity index (χ3n) is 4.72. The molecular weight excluding hydrogens is 352 g/mol. The molecule has 26 heavy (non-hydrogen) atoms. The Kier molecular flexibility index (Phi) is 4.74. The van der Waals surface area contributed by atoms with E-state index in [1.807, 2.05) is 30.3 Å². The normalized spacial score (nSPS) is 18.4. The lowest BCUT2D eigenvalue weighted by molar-refractivity contribution is 0.296. The summed E-state index contributed by atoms with van der Waals surface area (Å²) in [6.07, 6.45) is 0.790. The van der Waals surface area contributed by atoms with Crippen LogP contribution < -0.4 is 14.4 Å². The minimum absolute atomic E-state index is 0.259. The fraction of sp³-hybridized carbons (Fsp3) is 0.368. The first kappa shape index (κ1) is 17.2. The summed E-state index contributed by atoms with van der Waals surface area (Å²) in [6.45, 7) is 3.39. The molecule has 0 aromatic heterocycles. The van der Waals surface area contributed by atoms with Gasteiger partial charge in [0.1, 0.15) is 0 Å². The molecule has 2 aromatic carbocycles. The van der Waals surface area contributed by atoms with E-state index >= 15 is 0 Å². The smallest absolute Gasteiger partial charge is 0.243 e. The Labute approximate surface area is 154 Å². The van der Waals surface area contributed by atoms with Gasteiger partial charge in [-0.1, -0.05) is 18.2 Å². The summed E-state index contributed by atoms with van der Waals surface area (Å²) in [7, 11) is -3.54. The number of piperazine rings is 1. The molecule has 4 rings (SSSR count). The first-order chi connectivity index (χ1) is 12.6. The van der Waals surface area contributed by atoms with Crippen molar-refractivity contribution in [3.05, 3.63) is 48.5 Å². The lowest BCUT2D eigenvalue weighted by Gasteiger charge is -2.35. The molecule has 0 atom stereocenters. The lowest BCUT2D eigenvalue weighted by atomic mass is 10.2. The van der Waals surface area contributed by atoms with Crippen molar-refractivity contribution in [3.8, 4) is 11.5 Å². The summed E-state index contributed by atoms with van der Waals surface area (Å²) < 4.78 is 38.8. The highest BCUT2D eigenvalue weighted by molar-refractivity contribution is 7.89. The molecule has 0 N–H and O–H groups in total. The maximum absolute atomic E-state index is 13.0. The predicted octanol–water partition coefficient (Wildman–Crippen LogP) is 2.36. The topological polar surface area (TPSA) is 59.1 Å². The summed E-state index contributed by atoms with van der Waals surface area (Å²) in [6, 6.07) is 14.9. The van der Waals surface area contributed by atoms with E-state index in [9.17, 15) is 8.42 Å². The van der Waals surface area contributed by atoms with Gasteiger partial charge >= 0.3 is 0 Å². The van der Waals surface area contributed by atoms with Crippen LogP contribution in [0.5, 0.6) is 11.5 Å². The van der Waals surface area contributed by atoms with Gasteiger partial charge in [0.05, 0.1) is 18.1 Å². The highest BCUT2D eigenvalue weighted by Crippen LogP contribution is 2.33. The number of anilines is 1. The molecule has 0 bridgehead atoms. The summed E-state index contributed by atoms with van der Waals surface area (Å²) in [5, 5.41) is 0. The summed E-state index contributed by atoms with van der Waals surface area (Å²) in [4.78, 5) is 2.47. The van der Waals surface area contributed by atoms with Gasteiger partial charge in [-0.3, -0.25) is 0 Å². The van der Waals surface area contributed by atoms with E-state index in [1.165, 1.54) is 0 Å². The van der Waals surface area contributed by atoms with Crippen LogP contribution in [-0.2, 0) is 10.0 Å². The van der Waals surface area contributed by atoms with Gasteiger partial charge in [0.25, 0.3) is 0 Å². The lowest BCUT2D eigenvalue weighted by Crippen LogP contribution is -2.48. The quantitative estimate of drug-likeness (QED) is 0.825. The second-order valence-electron chi connectivity index (χ2n) is 6.39. The maximum Gasteiger partial charge on any atom is 0.243 e. The fourth-order valence-electron chi connectivity index (χ4n) is 3.28. The molecule has 2 aromatic rings. The van der Waals surface area contributed by atoms with Crippen LogP contribution >= 0.6 is 0 Å². The zero-order chi connectivity index (χ0) is 18.0. The molecule has 0 saturated carbocycles. The first-order valence-corrected chi connectivity index (χ1v) is 10.3. The number of benzene rings is 2. The standard InChI is InChI=1S/C19H22N2O4S/c22-26(23,17-7-8-18-19(15-17)25-14-4-13-24-18)21-11-9-20(10-12-21)16-5-2-1-3-6-16/h1-3,5-8,15H,4,9-14H2. The van der Waals surface area contributed by atoms with Gasteiger partial charge in [-0.15, -0.1) is 0 Å². The molecule has 0 spiro atoms. The number of ether oxygens (including phenoxy) is 2. The number of rotatable bonds is 3. The second kappa shape index (κ2) is 7.17. The Hall–Kier alpha value is -2.25. The molecule has 2 heterocycles. The minimum atomic E-state index is -3.54. The molecule has 7 heteroatoms. The SMILES string of the molecule is O=S(=O)(c1ccc2c(c1)OCCCO2)N1CCN(c2ccccc2)CC1. The highest BCUT2D eigenvalue weighted by Gasteiger charge is 2.29. The molecule has 1 saturated heterocycles. The van der Waals surface area contributed by atoms with E-state index in [4.69, 9.17) is 9.47 Å². The molecule has 0 unspecified atom stereocenters. The molecule has 6 nitrogen and oxygen atoms in total. The van der Waals surface area contributed by atoms with Crippen molar-refractivity contribution in [1.82, 2.24) is 4.31 Å². The molecular formula is C19H22N2O4S. The van der Waals surface area contributed by atoms with E-state index in [-0.39, 0.29) is 4.90 Å². The van der Waals surface area contributed by atoms with Gasteiger partial charge in [0, 0.05) is 44.4 Å². The third-order valence-corrected chi connectivity index (χ3v) is 6.61. The predicted molar refractivity (Wildman–Crippen MR) is 99.5 cm³/mol. The molecule has 138 valence electrons. The fourth-order valence-corrected chi connectivity index (χ4v) is 4.72. The average molecular weight is 374 g/mol. The number of hydrogen-bond donors (Lipinski definition) is 0. The minimum Gasteiger partial charge on any atom is -0.490 e. The number of fused-ring (bicyclic) bond motifs is 1. The van der Waals surface area contributed by atoms with Crippen LogP contribution in [0.25, 0.3) is 0 Å². The molecule has 2 aliphatic rings. The Bertz CT molecular complexity index is 862. The second-order valence-corrected chi connectivity index (χ2v) is 8.32. The van der Waals surface area contributed by atoms with Crippen LogP contribution in [-0.4, -0.2) is 52.1 Å². The zero-order valence-corrected chi connectivity index (χ0v) is 15.3. The molecule has 0 amide bonds. The molecule has 0 aliphatic carbocycles. The van der Waals surface area contributed by atoms with Crippen LogP contribution in [0, 0.1) is 0 Å². The summed E-state index contributed by atoms with van der Waals surface area (Å²) >= 11 is 0. The van der Waals surface area contributed by atoms with Crippen molar-refractivity contribution in [1.29, 1.82) is 0 Å². The Balaban J connectivity index is 1.50. The Morgan fingerprint density at radius 1 is 0.808 bits per heavy atom. The zero-order valence-electron chi connectivity index (χ0n) is 14.5. The van der Waals surface area contributed by atoms with E-state index in [0.717, 1.165) is 12.1 Å². The van der Waals surface area contributed by atoms with Crippen molar-refractivity contribution < 1.29 is 17.9 Å². The van der Waals surface area contributed by atoms with Crippen LogP contribution in [0.1, 0.15) is 6.42 Å². The van der Waals surface area contributed by atoms with Gasteiger partial charge in [0.15, 0.2) is 11.5 Å². The number of hydrogen-bond acceptors (Lipinski definition) is 5. The van der Waals surface area contributed by atoms with Crippen LogP contribution in [0.2, 0.25) is 0 Å². The van der Waals surface area contributed by atoms with Crippen LogP contribution in [0.15, 0.2) is 53.4 Å². The molecule has 2 aliphatic heterocycles. The number of para-hydroxylation sites is 1. The van der Waals surface area contributed by atoms with Gasteiger partial charge in [0.2, 0.25) is 10.0 Å². The van der Waals surface area contributed by atoms with Gasteiger partial charge in [-0.2, -0.15) is 4.31 Å². The Morgan fingerprint density at radius 2 is 1.50 bits per heavy atom. The average Bonchev–Trinajstić information content (AvgIpc) is 2.93. The van der Waals surface area contributed by atoms with Crippen molar-refractivity contribution in [2.24, 2.45) is 0 Å². The van der Waals surface area contributed by atoms with Crippen molar-refractivity contribution in [2.75, 3.05) is 44.3 Å². The largest absolute Gasteiger partial charge is 0.490 e. The summed E-state index contributed by atoms with van der Waals surface area (Å²) in [5.74, 6) is 1.11. The number of sulfonamides is 1. The Morgan fingerprint density at radius 3 is 2.23 bits per heavy atom. The van der Waals surface area contributed by atoms with Crippen LogP contribution in [0.4, 0.5) is 5.69 Å². The van der Waals surface area contributed by atoms with Gasteiger partial charge < -0.3 is 14.4 Å². The number of nitrogens with zero attached hydrogens (tertiary/aromatic N) is 2. The van der Waals surface area contributed by atoms with Crippen LogP contribution in [0.3, 0.4) is 0 Å². The van der Waals surface area contributed by atoms with E-state index < -0.39 is 10.0 Å². The highest BCUT2D eigenvalue weighted by atomic mass is 32.2. The molecule has 0 radical (unpaired) electrons. The van der Waals surface area contributed by atoms with Gasteiger partial charge in [-0.25, -0.2) is 8.42 Å². The van der Waals surface area contributed by atoms with E-state index in [0.29, 0.717) is 50.9 Å². The van der Waals surface area contributed by atoms with E-state index in [1.54, 1.807) is 22.5 Å². The van der Waals surface area contributed by atoms with Crippen molar-refractivity contribution in [2.45, 2.75) is 11.3 Å².